The Kier molecular flexibility index (Phi) is 6.21. The van der Waals surface area contributed by atoms with E-state index in [0.29, 0.717) is 23.0 Å². The van der Waals surface area contributed by atoms with Crippen molar-refractivity contribution in [2.45, 2.75) is 12.4 Å². The van der Waals surface area contributed by atoms with Crippen LogP contribution in [0.25, 0.3) is 64.7 Å². The van der Waals surface area contributed by atoms with Crippen molar-refractivity contribution in [1.82, 2.24) is 15.0 Å². The summed E-state index contributed by atoms with van der Waals surface area (Å²) in [5, 5.41) is 2.89. The molecule has 0 aliphatic carbocycles. The smallest absolute Gasteiger partial charge is 0.256 e. The van der Waals surface area contributed by atoms with Crippen LogP contribution < -0.4 is 0 Å². The lowest BCUT2D eigenvalue weighted by atomic mass is 9.97. The highest BCUT2D eigenvalue weighted by Crippen LogP contribution is 2.39. The van der Waals surface area contributed by atoms with Crippen LogP contribution in [0.5, 0.6) is 0 Å². The maximum atomic E-state index is 13.4. The largest absolute Gasteiger partial charge is 0.416 e. The van der Waals surface area contributed by atoms with Crippen LogP contribution in [0.4, 0.5) is 26.3 Å². The van der Waals surface area contributed by atoms with Crippen molar-refractivity contribution in [2.75, 3.05) is 0 Å². The molecule has 0 bridgehead atoms. The van der Waals surface area contributed by atoms with E-state index in [1.807, 2.05) is 30.3 Å². The van der Waals surface area contributed by atoms with Crippen molar-refractivity contribution in [3.05, 3.63) is 115 Å². The van der Waals surface area contributed by atoms with Crippen molar-refractivity contribution >= 4 is 42.5 Å². The van der Waals surface area contributed by atoms with Gasteiger partial charge in [0.25, 0.3) is 0 Å². The number of alkyl halides is 6. The lowest BCUT2D eigenvalue weighted by Gasteiger charge is -2.14. The van der Waals surface area contributed by atoms with Crippen LogP contribution in [0.15, 0.2) is 104 Å². The van der Waals surface area contributed by atoms with Gasteiger partial charge in [-0.1, -0.05) is 24.3 Å². The van der Waals surface area contributed by atoms with E-state index in [9.17, 15) is 26.3 Å². The van der Waals surface area contributed by atoms with Gasteiger partial charge in [0, 0.05) is 56.1 Å². The molecule has 7 rings (SSSR count). The second-order valence-corrected chi connectivity index (χ2v) is 11.1. The predicted molar refractivity (Wildman–Crippen MR) is 157 cm³/mol. The van der Waals surface area contributed by atoms with Crippen LogP contribution in [0.1, 0.15) is 11.1 Å². The highest BCUT2D eigenvalue weighted by molar-refractivity contribution is 7.25. The number of thiophene rings is 1. The van der Waals surface area contributed by atoms with Gasteiger partial charge in [-0.15, -0.1) is 11.3 Å². The maximum absolute atomic E-state index is 13.4. The molecule has 0 amide bonds. The quantitative estimate of drug-likeness (QED) is 0.189. The van der Waals surface area contributed by atoms with Gasteiger partial charge < -0.3 is 0 Å². The standard InChI is InChI=1S/C33H17F6N3S/c34-32(35,36)24-11-22(12-25(15-24)33(37,38)39)18-3-4-19-10-23(17-42-29(19)14-18)21-5-7-28(41-16-21)20-6-8-30-27(13-20)26-2-1-9-40-31(26)43-30/h1-17H. The first-order valence-corrected chi connectivity index (χ1v) is 13.8. The maximum Gasteiger partial charge on any atom is 0.416 e. The van der Waals surface area contributed by atoms with Gasteiger partial charge in [-0.2, -0.15) is 26.3 Å². The minimum Gasteiger partial charge on any atom is -0.256 e. The Balaban J connectivity index is 1.20. The zero-order valence-electron chi connectivity index (χ0n) is 21.8. The molecule has 0 unspecified atom stereocenters. The monoisotopic (exact) mass is 601 g/mol. The summed E-state index contributed by atoms with van der Waals surface area (Å²) >= 11 is 1.64. The lowest BCUT2D eigenvalue weighted by Crippen LogP contribution is -2.11. The number of nitrogens with zero attached hydrogens (tertiary/aromatic N) is 3. The molecule has 10 heteroatoms. The highest BCUT2D eigenvalue weighted by Gasteiger charge is 2.37. The summed E-state index contributed by atoms with van der Waals surface area (Å²) in [6, 6.07) is 22.0. The summed E-state index contributed by atoms with van der Waals surface area (Å²) in [5.41, 5.74) is 1.05. The van der Waals surface area contributed by atoms with Gasteiger partial charge in [0.2, 0.25) is 0 Å². The molecule has 0 spiro atoms. The summed E-state index contributed by atoms with van der Waals surface area (Å²) in [6.45, 7) is 0. The molecule has 4 heterocycles. The fourth-order valence-electron chi connectivity index (χ4n) is 5.09. The van der Waals surface area contributed by atoms with Crippen LogP contribution in [-0.4, -0.2) is 15.0 Å². The molecule has 3 nitrogen and oxygen atoms in total. The number of halogens is 6. The van der Waals surface area contributed by atoms with Gasteiger partial charge >= 0.3 is 12.4 Å². The SMILES string of the molecule is FC(F)(F)c1cc(-c2ccc3cc(-c4ccc(-c5ccc6sc7ncccc7c6c5)nc4)cnc3c2)cc(C(F)(F)F)c1. The van der Waals surface area contributed by atoms with Crippen molar-refractivity contribution in [3.63, 3.8) is 0 Å². The first-order chi connectivity index (χ1) is 20.5. The van der Waals surface area contributed by atoms with E-state index in [4.69, 9.17) is 0 Å². The predicted octanol–water partition coefficient (Wildman–Crippen LogP) is 10.4. The number of benzene rings is 3. The van der Waals surface area contributed by atoms with Gasteiger partial charge in [-0.25, -0.2) is 4.98 Å². The third-order valence-electron chi connectivity index (χ3n) is 7.25. The molecule has 0 fully saturated rings. The van der Waals surface area contributed by atoms with Gasteiger partial charge in [-0.3, -0.25) is 9.97 Å². The van der Waals surface area contributed by atoms with E-state index in [2.05, 4.69) is 33.2 Å². The molecule has 43 heavy (non-hydrogen) atoms. The first kappa shape index (κ1) is 27.0. The average Bonchev–Trinajstić information content (AvgIpc) is 3.37. The second-order valence-electron chi connectivity index (χ2n) is 10.0. The zero-order chi connectivity index (χ0) is 29.9. The van der Waals surface area contributed by atoms with Crippen LogP contribution in [0.2, 0.25) is 0 Å². The van der Waals surface area contributed by atoms with Gasteiger partial charge in [0.05, 0.1) is 22.3 Å². The molecule has 0 saturated carbocycles. The van der Waals surface area contributed by atoms with Crippen molar-refractivity contribution < 1.29 is 26.3 Å². The lowest BCUT2D eigenvalue weighted by molar-refractivity contribution is -0.143. The van der Waals surface area contributed by atoms with E-state index < -0.39 is 23.5 Å². The Morgan fingerprint density at radius 2 is 1.26 bits per heavy atom. The topological polar surface area (TPSA) is 38.7 Å². The van der Waals surface area contributed by atoms with E-state index in [1.54, 1.807) is 36.0 Å². The molecule has 0 atom stereocenters. The number of rotatable bonds is 3. The molecule has 0 N–H and O–H groups in total. The summed E-state index contributed by atoms with van der Waals surface area (Å²) in [6.07, 6.45) is -4.72. The summed E-state index contributed by atoms with van der Waals surface area (Å²) < 4.78 is 81.2. The van der Waals surface area contributed by atoms with E-state index in [1.165, 1.54) is 12.1 Å². The molecular weight excluding hydrogens is 584 g/mol. The number of aromatic nitrogens is 3. The minimum absolute atomic E-state index is 0.119. The third-order valence-corrected chi connectivity index (χ3v) is 8.34. The molecule has 0 aliphatic heterocycles. The Labute approximate surface area is 244 Å². The van der Waals surface area contributed by atoms with Crippen LogP contribution in [-0.2, 0) is 12.4 Å². The summed E-state index contributed by atoms with van der Waals surface area (Å²) in [4.78, 5) is 14.5. The normalized spacial score (nSPS) is 12.4. The molecule has 4 aromatic heterocycles. The second kappa shape index (κ2) is 9.88. The highest BCUT2D eigenvalue weighted by atomic mass is 32.1. The fourth-order valence-corrected chi connectivity index (χ4v) is 6.11. The average molecular weight is 602 g/mol. The number of pyridine rings is 3. The van der Waals surface area contributed by atoms with Crippen LogP contribution in [0, 0.1) is 0 Å². The number of hydrogen-bond acceptors (Lipinski definition) is 4. The molecule has 7 aromatic rings. The Hall–Kier alpha value is -4.83. The molecule has 3 aromatic carbocycles. The van der Waals surface area contributed by atoms with Gasteiger partial charge in [0.15, 0.2) is 0 Å². The van der Waals surface area contributed by atoms with Crippen molar-refractivity contribution in [2.24, 2.45) is 0 Å². The molecule has 0 saturated heterocycles. The summed E-state index contributed by atoms with van der Waals surface area (Å²) in [5.74, 6) is 0. The Morgan fingerprint density at radius 1 is 0.535 bits per heavy atom. The van der Waals surface area contributed by atoms with Gasteiger partial charge in [0.1, 0.15) is 4.83 Å². The van der Waals surface area contributed by atoms with Gasteiger partial charge in [-0.05, 0) is 71.8 Å². The van der Waals surface area contributed by atoms with E-state index >= 15 is 0 Å². The molecule has 0 aliphatic rings. The van der Waals surface area contributed by atoms with Crippen molar-refractivity contribution in [1.29, 1.82) is 0 Å². The van der Waals surface area contributed by atoms with Crippen molar-refractivity contribution in [3.8, 4) is 33.5 Å². The molecular formula is C33H17F6N3S. The third kappa shape index (κ3) is 5.08. The van der Waals surface area contributed by atoms with Crippen LogP contribution >= 0.6 is 11.3 Å². The number of fused-ring (bicyclic) bond motifs is 4. The molecule has 0 radical (unpaired) electrons. The van der Waals surface area contributed by atoms with E-state index in [0.717, 1.165) is 42.7 Å². The van der Waals surface area contributed by atoms with E-state index in [-0.39, 0.29) is 17.2 Å². The van der Waals surface area contributed by atoms with Crippen LogP contribution in [0.3, 0.4) is 0 Å². The number of hydrogen-bond donors (Lipinski definition) is 0. The minimum atomic E-state index is -4.92. The first-order valence-electron chi connectivity index (χ1n) is 13.0. The molecule has 212 valence electrons. The fraction of sp³-hybridized carbons (Fsp3) is 0.0606. The summed E-state index contributed by atoms with van der Waals surface area (Å²) in [7, 11) is 0. The Morgan fingerprint density at radius 3 is 1.98 bits per heavy atom. The Bertz CT molecular complexity index is 2130. The zero-order valence-corrected chi connectivity index (χ0v) is 22.6.